The lowest BCUT2D eigenvalue weighted by atomic mass is 10.3. The summed E-state index contributed by atoms with van der Waals surface area (Å²) in [7, 11) is 0. The molecule has 2 rings (SSSR count). The molecular weight excluding hydrogens is 264 g/mol. The van der Waals surface area contributed by atoms with E-state index in [0.717, 1.165) is 11.8 Å². The molecular formula is C9H7ClN4O2S. The van der Waals surface area contributed by atoms with Crippen LogP contribution in [0.3, 0.4) is 0 Å². The summed E-state index contributed by atoms with van der Waals surface area (Å²) in [4.78, 5) is 14.9. The topological polar surface area (TPSA) is 84.7 Å². The van der Waals surface area contributed by atoms with Crippen LogP contribution in [0.25, 0.3) is 0 Å². The third-order valence-electron chi connectivity index (χ3n) is 1.91. The first-order valence-electron chi connectivity index (χ1n) is 4.57. The number of nitrogens with zero attached hydrogens (tertiary/aromatic N) is 3. The average molecular weight is 271 g/mol. The number of H-pyrrole nitrogens is 1. The molecule has 1 aromatic carbocycles. The minimum atomic E-state index is -0.510. The van der Waals surface area contributed by atoms with Gasteiger partial charge in [-0.15, -0.1) is 5.10 Å². The molecule has 1 aromatic heterocycles. The van der Waals surface area contributed by atoms with E-state index in [1.165, 1.54) is 6.07 Å². The zero-order valence-electron chi connectivity index (χ0n) is 8.68. The van der Waals surface area contributed by atoms with Gasteiger partial charge in [0.2, 0.25) is 5.16 Å². The second kappa shape index (κ2) is 4.72. The van der Waals surface area contributed by atoms with Crippen LogP contribution in [0.5, 0.6) is 0 Å². The molecule has 0 saturated carbocycles. The molecule has 0 fully saturated rings. The van der Waals surface area contributed by atoms with Crippen molar-refractivity contribution in [1.82, 2.24) is 15.2 Å². The number of nitrogens with one attached hydrogen (secondary N) is 1. The number of para-hydroxylation sites is 1. The van der Waals surface area contributed by atoms with Crippen molar-refractivity contribution in [2.24, 2.45) is 0 Å². The van der Waals surface area contributed by atoms with Gasteiger partial charge in [0.1, 0.15) is 10.8 Å². The van der Waals surface area contributed by atoms with Crippen LogP contribution in [0.4, 0.5) is 5.69 Å². The highest BCUT2D eigenvalue weighted by atomic mass is 35.5. The van der Waals surface area contributed by atoms with Gasteiger partial charge < -0.3 is 0 Å². The molecule has 0 unspecified atom stereocenters. The molecule has 0 amide bonds. The highest BCUT2D eigenvalue weighted by Gasteiger charge is 2.20. The second-order valence-corrected chi connectivity index (χ2v) is 4.57. The second-order valence-electron chi connectivity index (χ2n) is 3.15. The summed E-state index contributed by atoms with van der Waals surface area (Å²) >= 11 is 6.89. The molecule has 8 heteroatoms. The SMILES string of the molecule is Cc1nc(Sc2cccc(Cl)c2[N+](=O)[O-])n[nH]1. The predicted octanol–water partition coefficient (Wildman–Crippen LogP) is 2.83. The Bertz CT molecular complexity index is 572. The smallest absolute Gasteiger partial charge is 0.262 e. The monoisotopic (exact) mass is 270 g/mol. The number of halogens is 1. The number of aromatic nitrogens is 3. The Morgan fingerprint density at radius 3 is 2.88 bits per heavy atom. The van der Waals surface area contributed by atoms with E-state index in [9.17, 15) is 10.1 Å². The first kappa shape index (κ1) is 11.9. The van der Waals surface area contributed by atoms with Gasteiger partial charge in [-0.2, -0.15) is 0 Å². The summed E-state index contributed by atoms with van der Waals surface area (Å²) < 4.78 is 0. The summed E-state index contributed by atoms with van der Waals surface area (Å²) in [5.41, 5.74) is -0.124. The zero-order valence-corrected chi connectivity index (χ0v) is 10.2. The van der Waals surface area contributed by atoms with Gasteiger partial charge in [0.05, 0.1) is 9.82 Å². The van der Waals surface area contributed by atoms with Crippen LogP contribution in [-0.4, -0.2) is 20.1 Å². The van der Waals surface area contributed by atoms with Crippen LogP contribution in [0, 0.1) is 17.0 Å². The van der Waals surface area contributed by atoms with Crippen LogP contribution in [0.15, 0.2) is 28.3 Å². The van der Waals surface area contributed by atoms with Crippen LogP contribution in [-0.2, 0) is 0 Å². The lowest BCUT2D eigenvalue weighted by molar-refractivity contribution is -0.387. The van der Waals surface area contributed by atoms with Crippen molar-refractivity contribution in [2.45, 2.75) is 17.0 Å². The maximum Gasteiger partial charge on any atom is 0.301 e. The minimum absolute atomic E-state index is 0.104. The van der Waals surface area contributed by atoms with Crippen molar-refractivity contribution in [1.29, 1.82) is 0 Å². The third-order valence-corrected chi connectivity index (χ3v) is 3.13. The Kier molecular flexibility index (Phi) is 3.30. The van der Waals surface area contributed by atoms with Crippen LogP contribution >= 0.6 is 23.4 Å². The molecule has 0 aliphatic rings. The van der Waals surface area contributed by atoms with E-state index in [1.54, 1.807) is 19.1 Å². The fourth-order valence-electron chi connectivity index (χ4n) is 1.22. The van der Waals surface area contributed by atoms with Crippen LogP contribution < -0.4 is 0 Å². The molecule has 1 heterocycles. The number of rotatable bonds is 3. The van der Waals surface area contributed by atoms with E-state index >= 15 is 0 Å². The van der Waals surface area contributed by atoms with E-state index < -0.39 is 4.92 Å². The fourth-order valence-corrected chi connectivity index (χ4v) is 2.42. The van der Waals surface area contributed by atoms with Crippen LogP contribution in [0.2, 0.25) is 5.02 Å². The summed E-state index contributed by atoms with van der Waals surface area (Å²) in [5.74, 6) is 0.650. The summed E-state index contributed by atoms with van der Waals surface area (Å²) in [6.07, 6.45) is 0. The molecule has 88 valence electrons. The number of nitro groups is 1. The molecule has 0 bridgehead atoms. The summed E-state index contributed by atoms with van der Waals surface area (Å²) in [6.45, 7) is 1.75. The molecule has 0 atom stereocenters. The highest BCUT2D eigenvalue weighted by molar-refractivity contribution is 7.99. The zero-order chi connectivity index (χ0) is 12.4. The number of aryl methyl sites for hydroxylation is 1. The normalized spacial score (nSPS) is 10.5. The predicted molar refractivity (Wildman–Crippen MR) is 63.3 cm³/mol. The van der Waals surface area contributed by atoms with Gasteiger partial charge >= 0.3 is 5.69 Å². The van der Waals surface area contributed by atoms with Gasteiger partial charge in [-0.3, -0.25) is 15.2 Å². The Morgan fingerprint density at radius 2 is 2.29 bits per heavy atom. The van der Waals surface area contributed by atoms with Gasteiger partial charge in [0, 0.05) is 0 Å². The van der Waals surface area contributed by atoms with Gasteiger partial charge in [-0.1, -0.05) is 17.7 Å². The molecule has 17 heavy (non-hydrogen) atoms. The van der Waals surface area contributed by atoms with Crippen molar-refractivity contribution in [3.63, 3.8) is 0 Å². The van der Waals surface area contributed by atoms with Crippen LogP contribution in [0.1, 0.15) is 5.82 Å². The lowest BCUT2D eigenvalue weighted by Gasteiger charge is -2.00. The first-order valence-corrected chi connectivity index (χ1v) is 5.77. The number of hydrogen-bond donors (Lipinski definition) is 1. The molecule has 6 nitrogen and oxygen atoms in total. The van der Waals surface area contributed by atoms with E-state index in [0.29, 0.717) is 15.9 Å². The fraction of sp³-hybridized carbons (Fsp3) is 0.111. The number of nitro benzene ring substituents is 1. The number of hydrogen-bond acceptors (Lipinski definition) is 5. The highest BCUT2D eigenvalue weighted by Crippen LogP contribution is 2.37. The largest absolute Gasteiger partial charge is 0.301 e. The van der Waals surface area contributed by atoms with Crippen molar-refractivity contribution in [3.8, 4) is 0 Å². The van der Waals surface area contributed by atoms with E-state index in [4.69, 9.17) is 11.6 Å². The summed E-state index contributed by atoms with van der Waals surface area (Å²) in [6, 6.07) is 4.74. The van der Waals surface area contributed by atoms with Gasteiger partial charge in [-0.05, 0) is 30.8 Å². The lowest BCUT2D eigenvalue weighted by Crippen LogP contribution is -1.92. The average Bonchev–Trinajstić information content (AvgIpc) is 2.63. The first-order chi connectivity index (χ1) is 8.08. The van der Waals surface area contributed by atoms with Gasteiger partial charge in [0.15, 0.2) is 0 Å². The quantitative estimate of drug-likeness (QED) is 0.685. The maximum atomic E-state index is 10.9. The van der Waals surface area contributed by atoms with E-state index in [2.05, 4.69) is 15.2 Å². The molecule has 0 aliphatic heterocycles. The Balaban J connectivity index is 2.39. The Labute approximate surface area is 106 Å². The molecule has 1 N–H and O–H groups in total. The van der Waals surface area contributed by atoms with Crippen molar-refractivity contribution in [3.05, 3.63) is 39.2 Å². The van der Waals surface area contributed by atoms with Gasteiger partial charge in [0.25, 0.3) is 0 Å². The number of benzene rings is 1. The standard InChI is InChI=1S/C9H7ClN4O2S/c1-5-11-9(13-12-5)17-7-4-2-3-6(10)8(7)14(15)16/h2-4H,1H3,(H,11,12,13). The van der Waals surface area contributed by atoms with E-state index in [1.807, 2.05) is 0 Å². The van der Waals surface area contributed by atoms with Gasteiger partial charge in [-0.25, -0.2) is 4.98 Å². The third kappa shape index (κ3) is 2.56. The maximum absolute atomic E-state index is 10.9. The Hall–Kier alpha value is -1.60. The van der Waals surface area contributed by atoms with Crippen molar-refractivity contribution >= 4 is 29.1 Å². The molecule has 0 spiro atoms. The molecule has 0 aliphatic carbocycles. The molecule has 0 saturated heterocycles. The van der Waals surface area contributed by atoms with Crippen molar-refractivity contribution < 1.29 is 4.92 Å². The number of aromatic amines is 1. The minimum Gasteiger partial charge on any atom is -0.262 e. The summed E-state index contributed by atoms with van der Waals surface area (Å²) in [5, 5.41) is 18.0. The molecule has 0 radical (unpaired) electrons. The molecule has 2 aromatic rings. The van der Waals surface area contributed by atoms with E-state index in [-0.39, 0.29) is 10.7 Å². The Morgan fingerprint density at radius 1 is 1.53 bits per heavy atom. The van der Waals surface area contributed by atoms with Crippen molar-refractivity contribution in [2.75, 3.05) is 0 Å².